The van der Waals surface area contributed by atoms with Crippen molar-refractivity contribution < 1.29 is 57.4 Å². The Hall–Kier alpha value is -4.12. The van der Waals surface area contributed by atoms with Gasteiger partial charge in [0.15, 0.2) is 0 Å². The van der Waals surface area contributed by atoms with Crippen molar-refractivity contribution in [1.29, 1.82) is 0 Å². The SMILES string of the molecule is O=C([O-])c1c(-c2ccc(N(Cc3ccccc3)Cc3ccccc3)nc2)nc(-c2ccc(OC(F)(F)F)cc2)n1C1CC1.[Na+]. The zero-order valence-electron chi connectivity index (χ0n) is 23.9. The third-order valence-corrected chi connectivity index (χ3v) is 7.14. The number of pyridine rings is 1. The second-order valence-corrected chi connectivity index (χ2v) is 10.3. The van der Waals surface area contributed by atoms with Crippen molar-refractivity contribution in [3.05, 3.63) is 120 Å². The van der Waals surface area contributed by atoms with E-state index >= 15 is 0 Å². The molecule has 218 valence electrons. The molecule has 0 bridgehead atoms. The van der Waals surface area contributed by atoms with E-state index in [2.05, 4.69) is 14.6 Å². The third-order valence-electron chi connectivity index (χ3n) is 7.14. The largest absolute Gasteiger partial charge is 1.00 e. The van der Waals surface area contributed by atoms with Crippen LogP contribution in [-0.2, 0) is 13.1 Å². The summed E-state index contributed by atoms with van der Waals surface area (Å²) in [6.07, 6.45) is -1.72. The van der Waals surface area contributed by atoms with Crippen molar-refractivity contribution in [2.75, 3.05) is 4.90 Å². The Balaban J connectivity index is 0.00000384. The summed E-state index contributed by atoms with van der Waals surface area (Å²) in [5, 5.41) is 12.4. The molecular weight excluding hydrogens is 580 g/mol. The number of nitrogens with zero attached hydrogens (tertiary/aromatic N) is 4. The smallest absolute Gasteiger partial charge is 0.543 e. The van der Waals surface area contributed by atoms with Crippen molar-refractivity contribution in [1.82, 2.24) is 14.5 Å². The summed E-state index contributed by atoms with van der Waals surface area (Å²) in [6.45, 7) is 1.22. The maximum absolute atomic E-state index is 12.7. The van der Waals surface area contributed by atoms with E-state index in [0.29, 0.717) is 35.9 Å². The molecule has 11 heteroatoms. The van der Waals surface area contributed by atoms with E-state index in [1.54, 1.807) is 16.8 Å². The zero-order chi connectivity index (χ0) is 30.0. The van der Waals surface area contributed by atoms with Gasteiger partial charge in [-0.1, -0.05) is 60.7 Å². The number of carbonyl (C=O) groups is 1. The van der Waals surface area contributed by atoms with Gasteiger partial charge in [0.1, 0.15) is 17.4 Å². The minimum atomic E-state index is -4.82. The van der Waals surface area contributed by atoms with Gasteiger partial charge in [-0.25, -0.2) is 9.97 Å². The normalized spacial score (nSPS) is 12.8. The zero-order valence-corrected chi connectivity index (χ0v) is 25.9. The number of alkyl halides is 3. The Morgan fingerprint density at radius 3 is 1.91 bits per heavy atom. The summed E-state index contributed by atoms with van der Waals surface area (Å²) in [4.78, 5) is 24.0. The molecular formula is C33H26F3N4NaO3. The van der Waals surface area contributed by atoms with Crippen molar-refractivity contribution in [2.45, 2.75) is 38.3 Å². The maximum atomic E-state index is 12.7. The molecule has 0 unspecified atom stereocenters. The summed E-state index contributed by atoms with van der Waals surface area (Å²) < 4.78 is 43.5. The standard InChI is InChI=1S/C33H27F3N4O3.Na/c34-33(35,36)43-27-16-11-24(12-17-27)31-38-29(30(32(41)42)40(31)26-14-15-26)25-13-18-28(37-19-25)39(20-22-7-3-1-4-8-22)21-23-9-5-2-6-10-23;/h1-13,16-19,26H,14-15,20-21H2,(H,41,42);/q;+1/p-1. The summed E-state index contributed by atoms with van der Waals surface area (Å²) in [6, 6.07) is 28.8. The molecule has 3 aromatic carbocycles. The van der Waals surface area contributed by atoms with Crippen LogP contribution in [-0.4, -0.2) is 26.9 Å². The van der Waals surface area contributed by atoms with Crippen LogP contribution in [0.4, 0.5) is 19.0 Å². The fraction of sp³-hybridized carbons (Fsp3) is 0.182. The van der Waals surface area contributed by atoms with E-state index < -0.39 is 12.3 Å². The average Bonchev–Trinajstić information content (AvgIpc) is 3.76. The molecule has 0 radical (unpaired) electrons. The molecule has 6 rings (SSSR count). The number of hydrogen-bond acceptors (Lipinski definition) is 6. The molecule has 1 aliphatic rings. The molecule has 0 saturated heterocycles. The topological polar surface area (TPSA) is 83.3 Å². The van der Waals surface area contributed by atoms with Crippen LogP contribution in [0, 0.1) is 0 Å². The minimum absolute atomic E-state index is 0. The predicted octanol–water partition coefficient (Wildman–Crippen LogP) is 3.42. The van der Waals surface area contributed by atoms with Gasteiger partial charge in [-0.05, 0) is 60.4 Å². The van der Waals surface area contributed by atoms with Crippen LogP contribution >= 0.6 is 0 Å². The number of carboxylic acid groups (broad SMARTS) is 1. The third kappa shape index (κ3) is 7.32. The van der Waals surface area contributed by atoms with E-state index in [1.807, 2.05) is 66.7 Å². The molecule has 0 atom stereocenters. The molecule has 0 spiro atoms. The van der Waals surface area contributed by atoms with Crippen molar-refractivity contribution in [3.63, 3.8) is 0 Å². The molecule has 0 N–H and O–H groups in total. The van der Waals surface area contributed by atoms with E-state index in [4.69, 9.17) is 4.98 Å². The summed E-state index contributed by atoms with van der Waals surface area (Å²) in [5.74, 6) is -0.740. The van der Waals surface area contributed by atoms with E-state index in [-0.39, 0.29) is 52.7 Å². The summed E-state index contributed by atoms with van der Waals surface area (Å²) in [5.41, 5.74) is 3.27. The number of aromatic carboxylic acids is 1. The predicted molar refractivity (Wildman–Crippen MR) is 153 cm³/mol. The molecule has 1 saturated carbocycles. The molecule has 0 amide bonds. The van der Waals surface area contributed by atoms with Gasteiger partial charge in [0.05, 0.1) is 17.4 Å². The maximum Gasteiger partial charge on any atom is 1.00 e. The van der Waals surface area contributed by atoms with Crippen LogP contribution < -0.4 is 44.3 Å². The first kappa shape index (κ1) is 31.3. The van der Waals surface area contributed by atoms with Crippen LogP contribution in [0.5, 0.6) is 5.75 Å². The summed E-state index contributed by atoms with van der Waals surface area (Å²) in [7, 11) is 0. The van der Waals surface area contributed by atoms with Gasteiger partial charge in [0.25, 0.3) is 0 Å². The van der Waals surface area contributed by atoms with E-state index in [1.165, 1.54) is 24.3 Å². The van der Waals surface area contributed by atoms with Crippen LogP contribution in [0.3, 0.4) is 0 Å². The number of rotatable bonds is 10. The molecule has 2 aromatic heterocycles. The van der Waals surface area contributed by atoms with Crippen molar-refractivity contribution in [3.8, 4) is 28.4 Å². The summed E-state index contributed by atoms with van der Waals surface area (Å²) >= 11 is 0. The molecule has 2 heterocycles. The van der Waals surface area contributed by atoms with Gasteiger partial charge < -0.3 is 24.1 Å². The monoisotopic (exact) mass is 606 g/mol. The Morgan fingerprint density at radius 2 is 1.43 bits per heavy atom. The van der Waals surface area contributed by atoms with Crippen LogP contribution in [0.15, 0.2) is 103 Å². The molecule has 7 nitrogen and oxygen atoms in total. The number of imidazole rings is 1. The molecule has 0 aliphatic heterocycles. The second kappa shape index (κ2) is 13.3. The number of benzene rings is 3. The van der Waals surface area contributed by atoms with Crippen LogP contribution in [0.25, 0.3) is 22.6 Å². The van der Waals surface area contributed by atoms with Gasteiger partial charge in [-0.3, -0.25) is 0 Å². The van der Waals surface area contributed by atoms with Crippen molar-refractivity contribution in [2.24, 2.45) is 0 Å². The number of hydrogen-bond donors (Lipinski definition) is 0. The van der Waals surface area contributed by atoms with Gasteiger partial charge in [-0.2, -0.15) is 0 Å². The number of carboxylic acids is 1. The number of aromatic nitrogens is 3. The first-order valence-corrected chi connectivity index (χ1v) is 13.7. The second-order valence-electron chi connectivity index (χ2n) is 10.3. The van der Waals surface area contributed by atoms with Gasteiger partial charge in [-0.15, -0.1) is 13.2 Å². The van der Waals surface area contributed by atoms with Gasteiger partial charge in [0, 0.05) is 36.5 Å². The van der Waals surface area contributed by atoms with E-state index in [0.717, 1.165) is 24.0 Å². The number of anilines is 1. The Morgan fingerprint density at radius 1 is 0.864 bits per heavy atom. The fourth-order valence-corrected chi connectivity index (χ4v) is 5.07. The number of halogens is 3. The van der Waals surface area contributed by atoms with Gasteiger partial charge >= 0.3 is 35.9 Å². The molecule has 44 heavy (non-hydrogen) atoms. The molecule has 1 aliphatic carbocycles. The van der Waals surface area contributed by atoms with Crippen LogP contribution in [0.2, 0.25) is 0 Å². The molecule has 1 fully saturated rings. The minimum Gasteiger partial charge on any atom is -0.543 e. The quantitative estimate of drug-likeness (QED) is 0.227. The Bertz CT molecular complexity index is 1670. The molecule has 5 aromatic rings. The number of carbonyl (C=O) groups excluding carboxylic acids is 1. The number of ether oxygens (including phenoxy) is 1. The Labute approximate surface area is 274 Å². The first-order valence-electron chi connectivity index (χ1n) is 13.7. The fourth-order valence-electron chi connectivity index (χ4n) is 5.07. The van der Waals surface area contributed by atoms with Crippen molar-refractivity contribution >= 4 is 11.8 Å². The first-order chi connectivity index (χ1) is 20.7. The Kier molecular flexibility index (Phi) is 9.43. The van der Waals surface area contributed by atoms with E-state index in [9.17, 15) is 23.1 Å². The average molecular weight is 607 g/mol. The van der Waals surface area contributed by atoms with Crippen LogP contribution in [0.1, 0.15) is 40.5 Å². The van der Waals surface area contributed by atoms with Gasteiger partial charge in [0.2, 0.25) is 0 Å².